The van der Waals surface area contributed by atoms with Gasteiger partial charge in [-0.25, -0.2) is 0 Å². The van der Waals surface area contributed by atoms with Crippen LogP contribution >= 0.6 is 0 Å². The summed E-state index contributed by atoms with van der Waals surface area (Å²) < 4.78 is 0. The first kappa shape index (κ1) is 13.0. The van der Waals surface area contributed by atoms with Gasteiger partial charge in [0.1, 0.15) is 5.69 Å². The first-order valence-corrected chi connectivity index (χ1v) is 5.13. The predicted molar refractivity (Wildman–Crippen MR) is 63.1 cm³/mol. The molecule has 17 heavy (non-hydrogen) atoms. The molecule has 1 aromatic rings. The number of nitro benzene ring substituents is 1. The van der Waals surface area contributed by atoms with E-state index in [0.29, 0.717) is 5.69 Å². The molecule has 2 N–H and O–H groups in total. The molecule has 0 saturated heterocycles. The highest BCUT2D eigenvalue weighted by Crippen LogP contribution is 2.25. The third-order valence-electron chi connectivity index (χ3n) is 2.37. The molecular weight excluding hydrogens is 224 g/mol. The first-order valence-electron chi connectivity index (χ1n) is 5.13. The van der Waals surface area contributed by atoms with Crippen LogP contribution in [-0.2, 0) is 4.79 Å². The van der Waals surface area contributed by atoms with Gasteiger partial charge < -0.3 is 10.4 Å². The molecule has 0 fully saturated rings. The maximum atomic E-state index is 10.8. The van der Waals surface area contributed by atoms with E-state index in [4.69, 9.17) is 5.11 Å². The molecule has 1 aromatic carbocycles. The molecule has 0 amide bonds. The molecular formula is C11H14N2O4. The number of carbonyl (C=O) groups is 1. The van der Waals surface area contributed by atoms with Crippen LogP contribution in [0.5, 0.6) is 0 Å². The molecule has 1 atom stereocenters. The summed E-state index contributed by atoms with van der Waals surface area (Å²) in [6.07, 6.45) is 0. The van der Waals surface area contributed by atoms with E-state index in [2.05, 4.69) is 5.32 Å². The second kappa shape index (κ2) is 5.29. The number of aliphatic carboxylic acids is 1. The minimum atomic E-state index is -0.938. The zero-order chi connectivity index (χ0) is 13.0. The van der Waals surface area contributed by atoms with Crippen molar-refractivity contribution in [3.63, 3.8) is 0 Å². The molecule has 0 spiro atoms. The Kier molecular flexibility index (Phi) is 4.03. The van der Waals surface area contributed by atoms with Gasteiger partial charge in [0.15, 0.2) is 0 Å². The van der Waals surface area contributed by atoms with E-state index in [-0.39, 0.29) is 12.2 Å². The van der Waals surface area contributed by atoms with Gasteiger partial charge in [0.2, 0.25) is 0 Å². The number of carboxylic acids is 1. The number of nitrogens with one attached hydrogen (secondary N) is 1. The van der Waals surface area contributed by atoms with Gasteiger partial charge >= 0.3 is 5.97 Å². The number of nitro groups is 1. The Balaban J connectivity index is 2.84. The summed E-state index contributed by atoms with van der Waals surface area (Å²) in [6, 6.07) is 4.77. The second-order valence-electron chi connectivity index (χ2n) is 3.90. The predicted octanol–water partition coefficient (Wildman–Crippen LogP) is 2.04. The number of anilines is 1. The van der Waals surface area contributed by atoms with Crippen molar-refractivity contribution >= 4 is 17.3 Å². The lowest BCUT2D eigenvalue weighted by Crippen LogP contribution is -2.20. The summed E-state index contributed by atoms with van der Waals surface area (Å²) >= 11 is 0. The lowest BCUT2D eigenvalue weighted by molar-refractivity contribution is -0.384. The third-order valence-corrected chi connectivity index (χ3v) is 2.37. The quantitative estimate of drug-likeness (QED) is 0.604. The fraction of sp³-hybridized carbons (Fsp3) is 0.364. The number of carboxylic acid groups (broad SMARTS) is 1. The Labute approximate surface area is 98.4 Å². The summed E-state index contributed by atoms with van der Waals surface area (Å²) in [7, 11) is 0. The molecule has 0 aliphatic heterocycles. The van der Waals surface area contributed by atoms with Crippen molar-refractivity contribution in [1.29, 1.82) is 0 Å². The van der Waals surface area contributed by atoms with Gasteiger partial charge in [-0.15, -0.1) is 0 Å². The monoisotopic (exact) mass is 238 g/mol. The van der Waals surface area contributed by atoms with Gasteiger partial charge in [-0.2, -0.15) is 0 Å². The zero-order valence-corrected chi connectivity index (χ0v) is 9.64. The molecule has 1 rings (SSSR count). The maximum absolute atomic E-state index is 10.8. The van der Waals surface area contributed by atoms with Crippen molar-refractivity contribution in [3.05, 3.63) is 33.9 Å². The Bertz CT molecular complexity index is 445. The van der Waals surface area contributed by atoms with Crippen LogP contribution in [-0.4, -0.2) is 22.5 Å². The van der Waals surface area contributed by atoms with Crippen LogP contribution in [0.1, 0.15) is 12.5 Å². The van der Waals surface area contributed by atoms with Crippen LogP contribution in [0.15, 0.2) is 18.2 Å². The van der Waals surface area contributed by atoms with Gasteiger partial charge in [0.25, 0.3) is 5.69 Å². The topological polar surface area (TPSA) is 92.5 Å². The summed E-state index contributed by atoms with van der Waals surface area (Å²) in [6.45, 7) is 3.45. The number of aryl methyl sites for hydroxylation is 1. The number of rotatable bonds is 5. The van der Waals surface area contributed by atoms with Crippen molar-refractivity contribution in [3.8, 4) is 0 Å². The minimum absolute atomic E-state index is 0.0393. The fourth-order valence-corrected chi connectivity index (χ4v) is 1.29. The largest absolute Gasteiger partial charge is 0.481 e. The lowest BCUT2D eigenvalue weighted by Gasteiger charge is -2.10. The highest BCUT2D eigenvalue weighted by molar-refractivity contribution is 5.71. The Morgan fingerprint density at radius 2 is 2.24 bits per heavy atom. The minimum Gasteiger partial charge on any atom is -0.481 e. The van der Waals surface area contributed by atoms with E-state index >= 15 is 0 Å². The Hall–Kier alpha value is -2.11. The Morgan fingerprint density at radius 1 is 1.59 bits per heavy atom. The lowest BCUT2D eigenvalue weighted by atomic mass is 10.1. The zero-order valence-electron chi connectivity index (χ0n) is 9.64. The van der Waals surface area contributed by atoms with Crippen molar-refractivity contribution < 1.29 is 14.8 Å². The molecule has 6 nitrogen and oxygen atoms in total. The van der Waals surface area contributed by atoms with Crippen LogP contribution in [0.4, 0.5) is 11.4 Å². The summed E-state index contributed by atoms with van der Waals surface area (Å²) in [5.74, 6) is -1.54. The number of hydrogen-bond acceptors (Lipinski definition) is 4. The van der Waals surface area contributed by atoms with Crippen molar-refractivity contribution in [2.45, 2.75) is 13.8 Å². The highest BCUT2D eigenvalue weighted by atomic mass is 16.6. The van der Waals surface area contributed by atoms with E-state index < -0.39 is 16.8 Å². The van der Waals surface area contributed by atoms with Crippen molar-refractivity contribution in [1.82, 2.24) is 0 Å². The third kappa shape index (κ3) is 3.44. The van der Waals surface area contributed by atoms with E-state index in [1.807, 2.05) is 0 Å². The van der Waals surface area contributed by atoms with Crippen molar-refractivity contribution in [2.24, 2.45) is 5.92 Å². The summed E-state index contributed by atoms with van der Waals surface area (Å²) in [5.41, 5.74) is 1.09. The fourth-order valence-electron chi connectivity index (χ4n) is 1.29. The molecule has 0 aliphatic rings. The first-order chi connectivity index (χ1) is 7.91. The maximum Gasteiger partial charge on any atom is 0.308 e. The standard InChI is InChI=1S/C11H14N2O4/c1-7-3-4-9(10(5-7)13(16)17)12-6-8(2)11(14)15/h3-5,8,12H,6H2,1-2H3,(H,14,15). The number of nitrogens with zero attached hydrogens (tertiary/aromatic N) is 1. The molecule has 92 valence electrons. The number of benzene rings is 1. The summed E-state index contributed by atoms with van der Waals surface area (Å²) in [5, 5.41) is 22.3. The molecule has 0 radical (unpaired) electrons. The van der Waals surface area contributed by atoms with Crippen LogP contribution in [0.3, 0.4) is 0 Å². The van der Waals surface area contributed by atoms with E-state index in [0.717, 1.165) is 5.56 Å². The average molecular weight is 238 g/mol. The summed E-state index contributed by atoms with van der Waals surface area (Å²) in [4.78, 5) is 20.9. The van der Waals surface area contributed by atoms with Gasteiger partial charge in [-0.05, 0) is 18.6 Å². The highest BCUT2D eigenvalue weighted by Gasteiger charge is 2.16. The molecule has 0 bridgehead atoms. The van der Waals surface area contributed by atoms with E-state index in [1.54, 1.807) is 19.1 Å². The molecule has 0 heterocycles. The van der Waals surface area contributed by atoms with Gasteiger partial charge in [0.05, 0.1) is 10.8 Å². The molecule has 0 aliphatic carbocycles. The second-order valence-corrected chi connectivity index (χ2v) is 3.90. The van der Waals surface area contributed by atoms with E-state index in [1.165, 1.54) is 13.0 Å². The van der Waals surface area contributed by atoms with Crippen LogP contribution in [0.25, 0.3) is 0 Å². The van der Waals surface area contributed by atoms with Gasteiger partial charge in [-0.3, -0.25) is 14.9 Å². The average Bonchev–Trinajstić information content (AvgIpc) is 2.26. The molecule has 0 saturated carbocycles. The molecule has 0 aromatic heterocycles. The van der Waals surface area contributed by atoms with Crippen LogP contribution < -0.4 is 5.32 Å². The van der Waals surface area contributed by atoms with Gasteiger partial charge in [0, 0.05) is 12.6 Å². The van der Waals surface area contributed by atoms with Crippen LogP contribution in [0, 0.1) is 23.0 Å². The van der Waals surface area contributed by atoms with E-state index in [9.17, 15) is 14.9 Å². The Morgan fingerprint density at radius 3 is 2.76 bits per heavy atom. The van der Waals surface area contributed by atoms with Crippen molar-refractivity contribution in [2.75, 3.05) is 11.9 Å². The molecule has 1 unspecified atom stereocenters. The normalized spacial score (nSPS) is 11.9. The van der Waals surface area contributed by atoms with Gasteiger partial charge in [-0.1, -0.05) is 13.0 Å². The SMILES string of the molecule is Cc1ccc(NCC(C)C(=O)O)c([N+](=O)[O-])c1. The number of hydrogen-bond donors (Lipinski definition) is 2. The molecule has 6 heteroatoms. The smallest absolute Gasteiger partial charge is 0.308 e. The van der Waals surface area contributed by atoms with Crippen LogP contribution in [0.2, 0.25) is 0 Å².